The smallest absolute Gasteiger partial charge is 0.269 e. The Balaban J connectivity index is 1.63. The maximum absolute atomic E-state index is 12.7. The third-order valence-electron chi connectivity index (χ3n) is 4.27. The first-order chi connectivity index (χ1) is 12.0. The molecule has 3 heterocycles. The predicted octanol–water partition coefficient (Wildman–Crippen LogP) is 2.10. The van der Waals surface area contributed by atoms with Crippen molar-refractivity contribution < 1.29 is 14.3 Å². The summed E-state index contributed by atoms with van der Waals surface area (Å²) in [5.41, 5.74) is 4.16. The zero-order chi connectivity index (χ0) is 17.8. The van der Waals surface area contributed by atoms with Gasteiger partial charge in [-0.2, -0.15) is 5.10 Å². The summed E-state index contributed by atoms with van der Waals surface area (Å²) in [5.74, 6) is 0.154. The van der Waals surface area contributed by atoms with Gasteiger partial charge in [-0.1, -0.05) is 13.8 Å². The van der Waals surface area contributed by atoms with Gasteiger partial charge in [-0.3, -0.25) is 9.48 Å². The van der Waals surface area contributed by atoms with Crippen molar-refractivity contribution in [3.05, 3.63) is 34.0 Å². The Bertz CT molecular complexity index is 699. The molecular formula is C17H24N4O3S. The van der Waals surface area contributed by atoms with E-state index in [1.807, 2.05) is 11.4 Å². The van der Waals surface area contributed by atoms with Gasteiger partial charge >= 0.3 is 0 Å². The van der Waals surface area contributed by atoms with Gasteiger partial charge in [0.1, 0.15) is 11.8 Å². The summed E-state index contributed by atoms with van der Waals surface area (Å²) in [6.45, 7) is 5.63. The van der Waals surface area contributed by atoms with E-state index in [0.717, 1.165) is 17.8 Å². The number of ether oxygens (including phenoxy) is 2. The molecule has 7 nitrogen and oxygen atoms in total. The Labute approximate surface area is 151 Å². The molecule has 1 aliphatic heterocycles. The van der Waals surface area contributed by atoms with Crippen molar-refractivity contribution in [1.82, 2.24) is 20.1 Å². The third kappa shape index (κ3) is 4.45. The Morgan fingerprint density at radius 2 is 2.40 bits per heavy atom. The molecule has 0 aliphatic carbocycles. The fraction of sp³-hybridized carbons (Fsp3) is 0.588. The third-order valence-corrected chi connectivity index (χ3v) is 4.91. The Hall–Kier alpha value is -1.77. The quantitative estimate of drug-likeness (QED) is 0.849. The lowest BCUT2D eigenvalue weighted by Gasteiger charge is -2.31. The van der Waals surface area contributed by atoms with Crippen molar-refractivity contribution >= 4 is 17.2 Å². The van der Waals surface area contributed by atoms with Crippen molar-refractivity contribution in [2.75, 3.05) is 13.2 Å². The average Bonchev–Trinajstić information content (AvgIpc) is 3.23. The van der Waals surface area contributed by atoms with Crippen molar-refractivity contribution in [2.45, 2.75) is 44.9 Å². The molecule has 0 bridgehead atoms. The summed E-state index contributed by atoms with van der Waals surface area (Å²) in [6.07, 6.45) is 0.541. The lowest BCUT2D eigenvalue weighted by atomic mass is 10.1. The summed E-state index contributed by atoms with van der Waals surface area (Å²) in [6, 6.07) is 1.77. The molecule has 1 fully saturated rings. The molecule has 25 heavy (non-hydrogen) atoms. The van der Waals surface area contributed by atoms with Gasteiger partial charge in [0.15, 0.2) is 0 Å². The van der Waals surface area contributed by atoms with Crippen LogP contribution in [0.15, 0.2) is 17.0 Å². The second kappa shape index (κ2) is 8.07. The highest BCUT2D eigenvalue weighted by atomic mass is 32.1. The highest BCUT2D eigenvalue weighted by molar-refractivity contribution is 7.07. The number of nitrogens with zero attached hydrogens (tertiary/aromatic N) is 3. The first-order valence-electron chi connectivity index (χ1n) is 8.45. The van der Waals surface area contributed by atoms with Gasteiger partial charge in [-0.05, 0) is 18.4 Å². The normalized spacial score (nSPS) is 20.8. The van der Waals surface area contributed by atoms with Crippen molar-refractivity contribution in [3.63, 3.8) is 0 Å². The van der Waals surface area contributed by atoms with Crippen LogP contribution in [0, 0.1) is 0 Å². The zero-order valence-corrected chi connectivity index (χ0v) is 15.6. The highest BCUT2D eigenvalue weighted by Crippen LogP contribution is 2.17. The van der Waals surface area contributed by atoms with Crippen LogP contribution in [0.2, 0.25) is 0 Å². The second-order valence-electron chi connectivity index (χ2n) is 6.51. The number of aromatic nitrogens is 3. The standard InChI is InChI=1S/C17H24N4O3S/c1-11(2)14-6-15(21(3)20-14)17(22)19-13-4-5-23-8-16(13)24-7-12-9-25-10-18-12/h6,9-11,13,16H,4-5,7-8H2,1-3H3,(H,19,22)/t13-,16-/m1/s1. The van der Waals surface area contributed by atoms with Gasteiger partial charge in [0.25, 0.3) is 5.91 Å². The molecule has 0 radical (unpaired) electrons. The number of carbonyl (C=O) groups is 1. The van der Waals surface area contributed by atoms with Gasteiger partial charge in [0, 0.05) is 19.0 Å². The van der Waals surface area contributed by atoms with Gasteiger partial charge in [0.2, 0.25) is 0 Å². The van der Waals surface area contributed by atoms with Crippen molar-refractivity contribution in [2.24, 2.45) is 7.05 Å². The summed E-state index contributed by atoms with van der Waals surface area (Å²) < 4.78 is 13.1. The van der Waals surface area contributed by atoms with E-state index in [1.54, 1.807) is 17.2 Å². The van der Waals surface area contributed by atoms with E-state index in [4.69, 9.17) is 9.47 Å². The fourth-order valence-electron chi connectivity index (χ4n) is 2.77. The summed E-state index contributed by atoms with van der Waals surface area (Å²) in [5, 5.41) is 9.45. The van der Waals surface area contributed by atoms with Crippen molar-refractivity contribution in [3.8, 4) is 0 Å². The summed E-state index contributed by atoms with van der Waals surface area (Å²) in [7, 11) is 1.79. The Morgan fingerprint density at radius 1 is 1.56 bits per heavy atom. The van der Waals surface area contributed by atoms with E-state index in [9.17, 15) is 4.79 Å². The minimum Gasteiger partial charge on any atom is -0.379 e. The topological polar surface area (TPSA) is 78.3 Å². The Morgan fingerprint density at radius 3 is 3.08 bits per heavy atom. The molecule has 0 saturated carbocycles. The van der Waals surface area contributed by atoms with E-state index < -0.39 is 0 Å². The number of rotatable bonds is 6. The van der Waals surface area contributed by atoms with Crippen LogP contribution in [0.3, 0.4) is 0 Å². The summed E-state index contributed by atoms with van der Waals surface area (Å²) in [4.78, 5) is 16.9. The second-order valence-corrected chi connectivity index (χ2v) is 7.22. The Kier molecular flexibility index (Phi) is 5.82. The molecular weight excluding hydrogens is 340 g/mol. The minimum absolute atomic E-state index is 0.0858. The van der Waals surface area contributed by atoms with Gasteiger partial charge in [0.05, 0.1) is 36.2 Å². The average molecular weight is 364 g/mol. The number of carbonyl (C=O) groups excluding carboxylic acids is 1. The highest BCUT2D eigenvalue weighted by Gasteiger charge is 2.29. The first kappa shape index (κ1) is 18.0. The van der Waals surface area contributed by atoms with E-state index in [-0.39, 0.29) is 24.0 Å². The van der Waals surface area contributed by atoms with Gasteiger partial charge < -0.3 is 14.8 Å². The van der Waals surface area contributed by atoms with Crippen molar-refractivity contribution in [1.29, 1.82) is 0 Å². The molecule has 136 valence electrons. The first-order valence-corrected chi connectivity index (χ1v) is 9.40. The van der Waals surface area contributed by atoms with Crippen LogP contribution >= 0.6 is 11.3 Å². The molecule has 0 spiro atoms. The molecule has 0 aromatic carbocycles. The molecule has 3 rings (SSSR count). The van der Waals surface area contributed by atoms with Crippen LogP contribution in [0.25, 0.3) is 0 Å². The van der Waals surface area contributed by atoms with Gasteiger partial charge in [-0.25, -0.2) is 4.98 Å². The SMILES string of the molecule is CC(C)c1cc(C(=O)N[C@@H]2CCOC[C@H]2OCc2cscn2)n(C)n1. The number of nitrogens with one attached hydrogen (secondary N) is 1. The molecule has 0 unspecified atom stereocenters. The number of aryl methyl sites for hydroxylation is 1. The lowest BCUT2D eigenvalue weighted by Crippen LogP contribution is -2.50. The monoisotopic (exact) mass is 364 g/mol. The van der Waals surface area contributed by atoms with Crippen LogP contribution in [0.1, 0.15) is 48.1 Å². The molecule has 2 aromatic heterocycles. The van der Waals surface area contributed by atoms with Gasteiger partial charge in [-0.15, -0.1) is 11.3 Å². The van der Waals surface area contributed by atoms with E-state index in [1.165, 1.54) is 11.3 Å². The number of thiazole rings is 1. The molecule has 1 saturated heterocycles. The largest absolute Gasteiger partial charge is 0.379 e. The van der Waals surface area contributed by atoms with E-state index in [2.05, 4.69) is 29.2 Å². The zero-order valence-electron chi connectivity index (χ0n) is 14.8. The van der Waals surface area contributed by atoms with Crippen LogP contribution in [-0.2, 0) is 23.1 Å². The molecule has 2 aromatic rings. The fourth-order valence-corrected chi connectivity index (χ4v) is 3.31. The van der Waals surface area contributed by atoms with E-state index >= 15 is 0 Å². The predicted molar refractivity (Wildman–Crippen MR) is 94.7 cm³/mol. The van der Waals surface area contributed by atoms with Crippen LogP contribution in [0.5, 0.6) is 0 Å². The number of amides is 1. The summed E-state index contributed by atoms with van der Waals surface area (Å²) >= 11 is 1.54. The van der Waals surface area contributed by atoms with E-state index in [0.29, 0.717) is 25.5 Å². The minimum atomic E-state index is -0.183. The molecule has 1 aliphatic rings. The molecule has 1 amide bonds. The number of hydrogen-bond acceptors (Lipinski definition) is 6. The number of hydrogen-bond donors (Lipinski definition) is 1. The maximum atomic E-state index is 12.7. The molecule has 1 N–H and O–H groups in total. The van der Waals surface area contributed by atoms with Crippen LogP contribution < -0.4 is 5.32 Å². The molecule has 2 atom stereocenters. The lowest BCUT2D eigenvalue weighted by molar-refractivity contribution is -0.0742. The van der Waals surface area contributed by atoms with Crippen LogP contribution in [0.4, 0.5) is 0 Å². The maximum Gasteiger partial charge on any atom is 0.269 e. The van der Waals surface area contributed by atoms with Crippen LogP contribution in [-0.4, -0.2) is 46.0 Å². The molecule has 8 heteroatoms.